The molecule has 0 aliphatic carbocycles. The number of likely N-dealkylation sites (tertiary alicyclic amines) is 1. The van der Waals surface area contributed by atoms with Crippen molar-refractivity contribution in [3.8, 4) is 5.75 Å². The highest BCUT2D eigenvalue weighted by Gasteiger charge is 2.30. The molecule has 2 aromatic carbocycles. The Morgan fingerprint density at radius 2 is 1.91 bits per heavy atom. The maximum absolute atomic E-state index is 13.1. The molecular formula is C26H33N5O3S. The van der Waals surface area contributed by atoms with E-state index in [2.05, 4.69) is 47.0 Å². The zero-order chi connectivity index (χ0) is 25.2. The van der Waals surface area contributed by atoms with Crippen molar-refractivity contribution in [2.24, 2.45) is 5.41 Å². The molecule has 0 radical (unpaired) electrons. The summed E-state index contributed by atoms with van der Waals surface area (Å²) in [5, 5.41) is 24.6. The van der Waals surface area contributed by atoms with E-state index in [9.17, 15) is 15.0 Å². The monoisotopic (exact) mass is 495 g/mol. The number of nitrogens with zero attached hydrogens (tertiary/aromatic N) is 4. The van der Waals surface area contributed by atoms with Crippen LogP contribution in [-0.4, -0.2) is 56.0 Å². The van der Waals surface area contributed by atoms with Gasteiger partial charge in [-0.3, -0.25) is 4.79 Å². The molecule has 1 amide bonds. The highest BCUT2D eigenvalue weighted by molar-refractivity contribution is 6.99. The minimum atomic E-state index is -0.532. The van der Waals surface area contributed by atoms with Crippen molar-refractivity contribution in [1.29, 1.82) is 0 Å². The molecular weight excluding hydrogens is 462 g/mol. The Balaban J connectivity index is 1.62. The zero-order valence-corrected chi connectivity index (χ0v) is 21.4. The molecule has 1 aliphatic rings. The SMILES string of the molecule is CN(c1cccc(C(=O)N2CCCC(O)C2)c1O)c1nsnc1N[C@@H](c1ccccc1)C(C)(C)C. The molecule has 1 unspecified atom stereocenters. The fourth-order valence-electron chi connectivity index (χ4n) is 4.48. The lowest BCUT2D eigenvalue weighted by atomic mass is 9.82. The van der Waals surface area contributed by atoms with E-state index in [1.54, 1.807) is 35.0 Å². The number of rotatable bonds is 6. The number of aliphatic hydroxyl groups excluding tert-OH is 1. The first-order valence-electron chi connectivity index (χ1n) is 11.8. The van der Waals surface area contributed by atoms with Crippen LogP contribution in [-0.2, 0) is 0 Å². The summed E-state index contributed by atoms with van der Waals surface area (Å²) in [5.41, 5.74) is 1.70. The standard InChI is InChI=1S/C26H33N5O3S/c1-26(2,3)22(17-10-6-5-7-11-17)27-23-24(29-35-28-23)30(4)20-14-8-13-19(21(20)33)25(34)31-15-9-12-18(32)16-31/h5-8,10-11,13-14,18,22,32-33H,9,12,15-16H2,1-4H3,(H,27,28)/t18?,22-/m0/s1. The zero-order valence-electron chi connectivity index (χ0n) is 20.6. The lowest BCUT2D eigenvalue weighted by molar-refractivity contribution is 0.0471. The fourth-order valence-corrected chi connectivity index (χ4v) is 5.02. The normalized spacial score (nSPS) is 17.2. The van der Waals surface area contributed by atoms with E-state index < -0.39 is 6.10 Å². The largest absolute Gasteiger partial charge is 0.505 e. The summed E-state index contributed by atoms with van der Waals surface area (Å²) in [4.78, 5) is 16.4. The molecule has 0 bridgehead atoms. The molecule has 186 valence electrons. The van der Waals surface area contributed by atoms with Crippen LogP contribution in [0.25, 0.3) is 0 Å². The highest BCUT2D eigenvalue weighted by atomic mass is 32.1. The van der Waals surface area contributed by atoms with E-state index in [4.69, 9.17) is 0 Å². The van der Waals surface area contributed by atoms with Crippen LogP contribution < -0.4 is 10.2 Å². The Morgan fingerprint density at radius 1 is 1.17 bits per heavy atom. The molecule has 3 N–H and O–H groups in total. The Bertz CT molecular complexity index is 1160. The van der Waals surface area contributed by atoms with Crippen molar-refractivity contribution in [3.05, 3.63) is 59.7 Å². The van der Waals surface area contributed by atoms with E-state index in [1.807, 2.05) is 18.2 Å². The van der Waals surface area contributed by atoms with Crippen LogP contribution in [0, 0.1) is 5.41 Å². The predicted octanol–water partition coefficient (Wildman–Crippen LogP) is 4.81. The summed E-state index contributed by atoms with van der Waals surface area (Å²) < 4.78 is 8.99. The summed E-state index contributed by atoms with van der Waals surface area (Å²) >= 11 is 1.09. The first-order valence-corrected chi connectivity index (χ1v) is 12.6. The molecule has 0 saturated carbocycles. The lowest BCUT2D eigenvalue weighted by Crippen LogP contribution is -2.42. The number of benzene rings is 2. The van der Waals surface area contributed by atoms with Gasteiger partial charge in [0.15, 0.2) is 17.4 Å². The van der Waals surface area contributed by atoms with Gasteiger partial charge in [-0.2, -0.15) is 8.75 Å². The van der Waals surface area contributed by atoms with Gasteiger partial charge in [0.1, 0.15) is 0 Å². The van der Waals surface area contributed by atoms with Crippen LogP contribution in [0.1, 0.15) is 55.6 Å². The second-order valence-electron chi connectivity index (χ2n) is 10.1. The van der Waals surface area contributed by atoms with Crippen LogP contribution >= 0.6 is 11.7 Å². The summed E-state index contributed by atoms with van der Waals surface area (Å²) in [6, 6.07) is 15.3. The smallest absolute Gasteiger partial charge is 0.257 e. The fraction of sp³-hybridized carbons (Fsp3) is 0.423. The van der Waals surface area contributed by atoms with Crippen LogP contribution in [0.2, 0.25) is 0 Å². The molecule has 4 rings (SSSR count). The number of anilines is 3. The Hall–Kier alpha value is -3.17. The predicted molar refractivity (Wildman–Crippen MR) is 139 cm³/mol. The molecule has 1 saturated heterocycles. The van der Waals surface area contributed by atoms with E-state index in [-0.39, 0.29) is 35.2 Å². The van der Waals surface area contributed by atoms with E-state index in [0.29, 0.717) is 30.3 Å². The number of aromatic hydroxyl groups is 1. The van der Waals surface area contributed by atoms with Crippen LogP contribution in [0.4, 0.5) is 17.3 Å². The number of hydrogen-bond donors (Lipinski definition) is 3. The second kappa shape index (κ2) is 10.2. The van der Waals surface area contributed by atoms with Gasteiger partial charge in [0.2, 0.25) is 0 Å². The molecule has 1 fully saturated rings. The first kappa shape index (κ1) is 24.9. The first-order chi connectivity index (χ1) is 16.7. The number of carbonyl (C=O) groups is 1. The van der Waals surface area contributed by atoms with Gasteiger partial charge in [0, 0.05) is 20.1 Å². The average Bonchev–Trinajstić information content (AvgIpc) is 3.30. The molecule has 8 nitrogen and oxygen atoms in total. The number of amides is 1. The molecule has 2 heterocycles. The van der Waals surface area contributed by atoms with E-state index >= 15 is 0 Å². The van der Waals surface area contributed by atoms with Gasteiger partial charge in [-0.05, 0) is 36.0 Å². The van der Waals surface area contributed by atoms with Gasteiger partial charge in [-0.25, -0.2) is 0 Å². The maximum Gasteiger partial charge on any atom is 0.257 e. The Labute approximate surface area is 210 Å². The van der Waals surface area contributed by atoms with Gasteiger partial charge < -0.3 is 25.3 Å². The van der Waals surface area contributed by atoms with Gasteiger partial charge in [-0.1, -0.05) is 57.2 Å². The molecule has 1 aliphatic heterocycles. The number of para-hydroxylation sites is 1. The maximum atomic E-state index is 13.1. The van der Waals surface area contributed by atoms with Gasteiger partial charge in [-0.15, -0.1) is 0 Å². The number of β-amino-alcohol motifs (C(OH)–C–C–N with tert-alkyl or cyclic N) is 1. The van der Waals surface area contributed by atoms with Gasteiger partial charge in [0.05, 0.1) is 35.1 Å². The second-order valence-corrected chi connectivity index (χ2v) is 10.6. The van der Waals surface area contributed by atoms with E-state index in [1.165, 1.54) is 0 Å². The molecule has 3 aromatic rings. The van der Waals surface area contributed by atoms with Crippen LogP contribution in [0.15, 0.2) is 48.5 Å². The lowest BCUT2D eigenvalue weighted by Gasteiger charge is -2.33. The number of piperidine rings is 1. The van der Waals surface area contributed by atoms with Crippen molar-refractivity contribution in [1.82, 2.24) is 13.6 Å². The van der Waals surface area contributed by atoms with Crippen molar-refractivity contribution >= 4 is 35.0 Å². The minimum absolute atomic E-state index is 0.0215. The van der Waals surface area contributed by atoms with Crippen molar-refractivity contribution in [3.63, 3.8) is 0 Å². The third-order valence-corrected chi connectivity index (χ3v) is 6.88. The number of hydrogen-bond acceptors (Lipinski definition) is 8. The molecule has 9 heteroatoms. The molecule has 35 heavy (non-hydrogen) atoms. The van der Waals surface area contributed by atoms with Crippen molar-refractivity contribution in [2.75, 3.05) is 30.4 Å². The Morgan fingerprint density at radius 3 is 2.60 bits per heavy atom. The number of aliphatic hydroxyl groups is 1. The molecule has 1 aromatic heterocycles. The number of nitrogens with one attached hydrogen (secondary N) is 1. The van der Waals surface area contributed by atoms with Crippen molar-refractivity contribution in [2.45, 2.75) is 45.8 Å². The average molecular weight is 496 g/mol. The topological polar surface area (TPSA) is 102 Å². The summed E-state index contributed by atoms with van der Waals surface area (Å²) in [6.07, 6.45) is 0.892. The molecule has 0 spiro atoms. The van der Waals surface area contributed by atoms with E-state index in [0.717, 1.165) is 23.7 Å². The van der Waals surface area contributed by atoms with Gasteiger partial charge in [0.25, 0.3) is 5.91 Å². The Kier molecular flexibility index (Phi) is 7.28. The third-order valence-electron chi connectivity index (χ3n) is 6.36. The van der Waals surface area contributed by atoms with Crippen molar-refractivity contribution < 1.29 is 15.0 Å². The minimum Gasteiger partial charge on any atom is -0.505 e. The number of phenols is 1. The third kappa shape index (κ3) is 5.41. The molecule has 2 atom stereocenters. The number of carbonyl (C=O) groups excluding carboxylic acids is 1. The van der Waals surface area contributed by atoms with Crippen LogP contribution in [0.5, 0.6) is 5.75 Å². The number of phenolic OH excluding ortho intramolecular Hbond substituents is 1. The summed E-state index contributed by atoms with van der Waals surface area (Å²) in [7, 11) is 1.80. The van der Waals surface area contributed by atoms with Crippen LogP contribution in [0.3, 0.4) is 0 Å². The quantitative estimate of drug-likeness (QED) is 0.451. The summed E-state index contributed by atoms with van der Waals surface area (Å²) in [6.45, 7) is 7.33. The number of aromatic nitrogens is 2. The summed E-state index contributed by atoms with van der Waals surface area (Å²) in [5.74, 6) is 0.766. The highest BCUT2D eigenvalue weighted by Crippen LogP contribution is 2.41. The van der Waals surface area contributed by atoms with Gasteiger partial charge >= 0.3 is 0 Å².